The summed E-state index contributed by atoms with van der Waals surface area (Å²) in [6, 6.07) is 23.2. The number of carbonyl (C=O) groups is 1. The van der Waals surface area contributed by atoms with E-state index in [1.807, 2.05) is 30.3 Å². The van der Waals surface area contributed by atoms with E-state index in [9.17, 15) is 4.79 Å². The van der Waals surface area contributed by atoms with Gasteiger partial charge >= 0.3 is 0 Å². The number of likely N-dealkylation sites (tertiary alicyclic amines) is 1. The van der Waals surface area contributed by atoms with Crippen LogP contribution in [0.15, 0.2) is 66.7 Å². The van der Waals surface area contributed by atoms with E-state index in [1.54, 1.807) is 0 Å². The number of pyridine rings is 1. The standard InChI is InChI=1S/C27H32N4O.2H2S/c1-30(2)22-14-17-31(18-22)19-24(20-8-4-3-5-9-20)29-26(32)27(15-16-27)25-13-12-21-10-6-7-11-23(21)28-25;;/h3-13,22,24H,14-19H2,1-2H3,(H,29,32);2*1H2/t22-,24+;;/m0../s1. The van der Waals surface area contributed by atoms with Crippen molar-refractivity contribution < 1.29 is 4.79 Å². The third kappa shape index (κ3) is 5.43. The Labute approximate surface area is 216 Å². The first-order chi connectivity index (χ1) is 15.5. The molecule has 2 aliphatic rings. The maximum atomic E-state index is 13.6. The maximum Gasteiger partial charge on any atom is 0.232 e. The van der Waals surface area contributed by atoms with Gasteiger partial charge in [0.25, 0.3) is 0 Å². The van der Waals surface area contributed by atoms with Crippen molar-refractivity contribution in [2.24, 2.45) is 0 Å². The van der Waals surface area contributed by atoms with Crippen LogP contribution in [0.3, 0.4) is 0 Å². The number of fused-ring (bicyclic) bond motifs is 1. The Morgan fingerprint density at radius 1 is 1.06 bits per heavy atom. The van der Waals surface area contributed by atoms with Gasteiger partial charge in [-0.15, -0.1) is 0 Å². The van der Waals surface area contributed by atoms with E-state index in [4.69, 9.17) is 4.98 Å². The average molecular weight is 497 g/mol. The smallest absolute Gasteiger partial charge is 0.232 e. The molecule has 2 atom stereocenters. The molecule has 34 heavy (non-hydrogen) atoms. The molecule has 0 bridgehead atoms. The summed E-state index contributed by atoms with van der Waals surface area (Å²) in [4.78, 5) is 23.3. The lowest BCUT2D eigenvalue weighted by Crippen LogP contribution is -2.42. The molecule has 1 aromatic heterocycles. The van der Waals surface area contributed by atoms with Crippen molar-refractivity contribution in [3.8, 4) is 0 Å². The van der Waals surface area contributed by atoms with Gasteiger partial charge < -0.3 is 10.2 Å². The number of amides is 1. The molecule has 1 amide bonds. The zero-order valence-electron chi connectivity index (χ0n) is 20.0. The molecule has 3 aromatic rings. The van der Waals surface area contributed by atoms with Crippen LogP contribution in [0.4, 0.5) is 0 Å². The van der Waals surface area contributed by atoms with Gasteiger partial charge in [-0.05, 0) is 57.6 Å². The lowest BCUT2D eigenvalue weighted by molar-refractivity contribution is -0.124. The molecule has 0 radical (unpaired) electrons. The first-order valence-corrected chi connectivity index (χ1v) is 11.7. The molecule has 5 nitrogen and oxygen atoms in total. The van der Waals surface area contributed by atoms with Crippen LogP contribution in [0.5, 0.6) is 0 Å². The van der Waals surface area contributed by atoms with Crippen LogP contribution < -0.4 is 5.32 Å². The van der Waals surface area contributed by atoms with Crippen molar-refractivity contribution >= 4 is 43.8 Å². The van der Waals surface area contributed by atoms with E-state index < -0.39 is 5.41 Å². The predicted octanol–water partition coefficient (Wildman–Crippen LogP) is 3.99. The third-order valence-corrected chi connectivity index (χ3v) is 7.20. The van der Waals surface area contributed by atoms with Crippen LogP contribution in [0, 0.1) is 0 Å². The molecule has 0 unspecified atom stereocenters. The van der Waals surface area contributed by atoms with Crippen LogP contribution in [0.1, 0.15) is 36.6 Å². The molecular formula is C27H36N4OS2. The third-order valence-electron chi connectivity index (χ3n) is 7.20. The molecule has 7 heteroatoms. The quantitative estimate of drug-likeness (QED) is 0.538. The van der Waals surface area contributed by atoms with E-state index in [-0.39, 0.29) is 38.9 Å². The second-order valence-electron chi connectivity index (χ2n) is 9.57. The van der Waals surface area contributed by atoms with Gasteiger partial charge in [0, 0.05) is 24.5 Å². The van der Waals surface area contributed by atoms with Crippen molar-refractivity contribution in [1.82, 2.24) is 20.1 Å². The number of likely N-dealkylation sites (N-methyl/N-ethyl adjacent to an activating group) is 1. The molecule has 1 aliphatic carbocycles. The first-order valence-electron chi connectivity index (χ1n) is 11.7. The Morgan fingerprint density at radius 2 is 1.76 bits per heavy atom. The Balaban J connectivity index is 0.00000162. The zero-order valence-corrected chi connectivity index (χ0v) is 22.0. The van der Waals surface area contributed by atoms with Crippen LogP contribution in [-0.4, -0.2) is 60.5 Å². The molecule has 1 saturated carbocycles. The van der Waals surface area contributed by atoms with Crippen LogP contribution >= 0.6 is 27.0 Å². The predicted molar refractivity (Wildman–Crippen MR) is 149 cm³/mol. The summed E-state index contributed by atoms with van der Waals surface area (Å²) in [7, 11) is 4.30. The summed E-state index contributed by atoms with van der Waals surface area (Å²) in [5, 5.41) is 4.53. The fourth-order valence-electron chi connectivity index (χ4n) is 4.93. The molecule has 182 valence electrons. The highest BCUT2D eigenvalue weighted by molar-refractivity contribution is 7.59. The van der Waals surface area contributed by atoms with E-state index >= 15 is 0 Å². The van der Waals surface area contributed by atoms with Gasteiger partial charge in [0.05, 0.1) is 22.7 Å². The molecule has 1 saturated heterocycles. The van der Waals surface area contributed by atoms with Crippen LogP contribution in [-0.2, 0) is 10.2 Å². The molecule has 0 spiro atoms. The van der Waals surface area contributed by atoms with Gasteiger partial charge in [-0.3, -0.25) is 14.7 Å². The number of aromatic nitrogens is 1. The van der Waals surface area contributed by atoms with Gasteiger partial charge in [-0.25, -0.2) is 0 Å². The zero-order chi connectivity index (χ0) is 22.1. The van der Waals surface area contributed by atoms with Crippen LogP contribution in [0.25, 0.3) is 10.9 Å². The highest BCUT2D eigenvalue weighted by Crippen LogP contribution is 2.48. The van der Waals surface area contributed by atoms with E-state index in [2.05, 4.69) is 65.6 Å². The second kappa shape index (κ2) is 11.1. The SMILES string of the molecule is CN(C)[C@H]1CCN(C[C@@H](NC(=O)C2(c3ccc4ccccc4n3)CC2)c2ccccc2)C1.S.S. The molecular weight excluding hydrogens is 460 g/mol. The number of hydrogen-bond acceptors (Lipinski definition) is 4. The van der Waals surface area contributed by atoms with Gasteiger partial charge in [0.15, 0.2) is 0 Å². The minimum Gasteiger partial charge on any atom is -0.347 e. The fraction of sp³-hybridized carbons (Fsp3) is 0.407. The summed E-state index contributed by atoms with van der Waals surface area (Å²) in [6.07, 6.45) is 2.89. The monoisotopic (exact) mass is 496 g/mol. The minimum absolute atomic E-state index is 0. The van der Waals surface area contributed by atoms with Crippen molar-refractivity contribution in [2.45, 2.75) is 36.8 Å². The highest BCUT2D eigenvalue weighted by atomic mass is 32.1. The largest absolute Gasteiger partial charge is 0.347 e. The van der Waals surface area contributed by atoms with Gasteiger partial charge in [0.1, 0.15) is 0 Å². The molecule has 1 N–H and O–H groups in total. The number of nitrogens with one attached hydrogen (secondary N) is 1. The average Bonchev–Trinajstić information content (AvgIpc) is 3.50. The van der Waals surface area contributed by atoms with Crippen molar-refractivity contribution in [2.75, 3.05) is 33.7 Å². The first kappa shape index (κ1) is 26.5. The van der Waals surface area contributed by atoms with E-state index in [0.717, 1.165) is 54.6 Å². The number of benzene rings is 2. The molecule has 2 heterocycles. The van der Waals surface area contributed by atoms with Gasteiger partial charge in [0.2, 0.25) is 5.91 Å². The Hall–Kier alpha value is -2.06. The van der Waals surface area contributed by atoms with Crippen LogP contribution in [0.2, 0.25) is 0 Å². The summed E-state index contributed by atoms with van der Waals surface area (Å²) in [5.74, 6) is 0.109. The maximum absolute atomic E-state index is 13.6. The molecule has 2 aromatic carbocycles. The Morgan fingerprint density at radius 3 is 2.44 bits per heavy atom. The summed E-state index contributed by atoms with van der Waals surface area (Å²) >= 11 is 0. The summed E-state index contributed by atoms with van der Waals surface area (Å²) < 4.78 is 0. The number of hydrogen-bond donors (Lipinski definition) is 1. The highest BCUT2D eigenvalue weighted by Gasteiger charge is 2.53. The number of rotatable bonds is 7. The summed E-state index contributed by atoms with van der Waals surface area (Å²) in [5.41, 5.74) is 2.52. The number of nitrogens with zero attached hydrogens (tertiary/aromatic N) is 3. The summed E-state index contributed by atoms with van der Waals surface area (Å²) in [6.45, 7) is 2.95. The van der Waals surface area contributed by atoms with Gasteiger partial charge in [-0.2, -0.15) is 27.0 Å². The van der Waals surface area contributed by atoms with E-state index in [0.29, 0.717) is 6.04 Å². The Kier molecular flexibility index (Phi) is 8.68. The van der Waals surface area contributed by atoms with Crippen molar-refractivity contribution in [3.05, 3.63) is 78.0 Å². The molecule has 1 aliphatic heterocycles. The second-order valence-corrected chi connectivity index (χ2v) is 9.57. The molecule has 2 fully saturated rings. The minimum atomic E-state index is -0.492. The fourth-order valence-corrected chi connectivity index (χ4v) is 4.93. The van der Waals surface area contributed by atoms with Crippen molar-refractivity contribution in [1.29, 1.82) is 0 Å². The molecule has 5 rings (SSSR count). The Bertz CT molecular complexity index is 1100. The van der Waals surface area contributed by atoms with E-state index in [1.165, 1.54) is 6.42 Å². The normalized spacial score (nSPS) is 19.8. The number of carbonyl (C=O) groups excluding carboxylic acids is 1. The topological polar surface area (TPSA) is 48.5 Å². The lowest BCUT2D eigenvalue weighted by Gasteiger charge is -2.28. The lowest BCUT2D eigenvalue weighted by atomic mass is 9.97. The van der Waals surface area contributed by atoms with Crippen molar-refractivity contribution in [3.63, 3.8) is 0 Å². The van der Waals surface area contributed by atoms with Gasteiger partial charge in [-0.1, -0.05) is 54.6 Å². The number of para-hydroxylation sites is 1.